The number of fused-ring (bicyclic) bond motifs is 1. The number of imidazole rings is 1. The molecular weight excluding hydrogens is 328 g/mol. The summed E-state index contributed by atoms with van der Waals surface area (Å²) in [6.45, 7) is 4.54. The average Bonchev–Trinajstić information content (AvgIpc) is 3.05. The van der Waals surface area contributed by atoms with E-state index < -0.39 is 0 Å². The molecular formula is C20H24N4O2. The lowest BCUT2D eigenvalue weighted by Gasteiger charge is -2.07. The van der Waals surface area contributed by atoms with Crippen molar-refractivity contribution >= 4 is 23.4 Å². The Morgan fingerprint density at radius 1 is 1.15 bits per heavy atom. The fourth-order valence-corrected chi connectivity index (χ4v) is 2.85. The summed E-state index contributed by atoms with van der Waals surface area (Å²) in [7, 11) is 0. The summed E-state index contributed by atoms with van der Waals surface area (Å²) in [6, 6.07) is 16.4. The Bertz CT molecular complexity index is 857. The molecule has 3 rings (SSSR count). The summed E-state index contributed by atoms with van der Waals surface area (Å²) in [5, 5.41) is 9.96. The van der Waals surface area contributed by atoms with Gasteiger partial charge in [-0.2, -0.15) is 0 Å². The van der Waals surface area contributed by atoms with Crippen molar-refractivity contribution in [2.45, 2.75) is 26.6 Å². The normalized spacial score (nSPS) is 10.7. The first-order valence-electron chi connectivity index (χ1n) is 8.43. The molecule has 0 amide bonds. The van der Waals surface area contributed by atoms with Crippen LogP contribution in [0.1, 0.15) is 23.9 Å². The molecule has 6 heteroatoms. The Balaban J connectivity index is 0.00000117. The smallest absolute Gasteiger partial charge is 0.142 e. The molecule has 0 fully saturated rings. The maximum Gasteiger partial charge on any atom is 0.142 e. The summed E-state index contributed by atoms with van der Waals surface area (Å²) in [6.07, 6.45) is 4.08. The third-order valence-electron chi connectivity index (χ3n) is 3.99. The van der Waals surface area contributed by atoms with Gasteiger partial charge < -0.3 is 15.1 Å². The second-order valence-corrected chi connectivity index (χ2v) is 5.60. The number of aromatic nitrogens is 2. The number of aryl methyl sites for hydroxylation is 1. The van der Waals surface area contributed by atoms with Gasteiger partial charge in [-0.15, -0.1) is 0 Å². The van der Waals surface area contributed by atoms with Crippen molar-refractivity contribution in [3.05, 3.63) is 71.6 Å². The highest BCUT2D eigenvalue weighted by Gasteiger charge is 2.09. The first-order valence-corrected chi connectivity index (χ1v) is 8.43. The van der Waals surface area contributed by atoms with Crippen LogP contribution < -0.4 is 11.2 Å². The van der Waals surface area contributed by atoms with Crippen LogP contribution in [-0.2, 0) is 24.4 Å². The van der Waals surface area contributed by atoms with Gasteiger partial charge in [0.15, 0.2) is 0 Å². The van der Waals surface area contributed by atoms with Gasteiger partial charge in [-0.25, -0.2) is 10.9 Å². The van der Waals surface area contributed by atoms with Crippen LogP contribution in [-0.4, -0.2) is 21.0 Å². The van der Waals surface area contributed by atoms with Crippen LogP contribution in [0, 0.1) is 0 Å². The minimum Gasteiger partial charge on any atom is -0.327 e. The van der Waals surface area contributed by atoms with Crippen molar-refractivity contribution < 1.29 is 10.0 Å². The number of nitrogens with two attached hydrogens (primary N) is 1. The minimum absolute atomic E-state index is 0.719. The topological polar surface area (TPSA) is 93.2 Å². The molecule has 0 unspecified atom stereocenters. The Morgan fingerprint density at radius 3 is 2.62 bits per heavy atom. The van der Waals surface area contributed by atoms with E-state index >= 15 is 0 Å². The van der Waals surface area contributed by atoms with E-state index in [2.05, 4.69) is 40.9 Å². The fourth-order valence-electron chi connectivity index (χ4n) is 2.85. The molecule has 0 aliphatic carbocycles. The molecule has 26 heavy (non-hydrogen) atoms. The van der Waals surface area contributed by atoms with Crippen LogP contribution in [0.4, 0.5) is 0 Å². The Labute approximate surface area is 152 Å². The van der Waals surface area contributed by atoms with Gasteiger partial charge in [0.1, 0.15) is 12.1 Å². The first kappa shape index (κ1) is 19.5. The SMILES string of the molecule is CCn1c(CNCc2ccccc2)nc2cc(/C=C/C=O)ccc21.NO. The van der Waals surface area contributed by atoms with Gasteiger partial charge >= 0.3 is 0 Å². The molecule has 1 aromatic heterocycles. The number of carbonyl (C=O) groups is 1. The molecule has 6 nitrogen and oxygen atoms in total. The number of nitrogens with zero attached hydrogens (tertiary/aromatic N) is 2. The van der Waals surface area contributed by atoms with Gasteiger partial charge in [-0.3, -0.25) is 4.79 Å². The van der Waals surface area contributed by atoms with Crippen molar-refractivity contribution in [1.82, 2.24) is 14.9 Å². The highest BCUT2D eigenvalue weighted by molar-refractivity contribution is 5.81. The van der Waals surface area contributed by atoms with Gasteiger partial charge in [-0.05, 0) is 36.3 Å². The van der Waals surface area contributed by atoms with E-state index in [1.807, 2.05) is 30.3 Å². The van der Waals surface area contributed by atoms with E-state index in [0.29, 0.717) is 0 Å². The predicted octanol–water partition coefficient (Wildman–Crippen LogP) is 2.89. The zero-order valence-electron chi connectivity index (χ0n) is 14.8. The monoisotopic (exact) mass is 352 g/mol. The molecule has 0 aliphatic heterocycles. The lowest BCUT2D eigenvalue weighted by Crippen LogP contribution is -2.16. The van der Waals surface area contributed by atoms with E-state index in [4.69, 9.17) is 10.2 Å². The van der Waals surface area contributed by atoms with Crippen LogP contribution in [0.15, 0.2) is 54.6 Å². The molecule has 0 bridgehead atoms. The van der Waals surface area contributed by atoms with Gasteiger partial charge in [0, 0.05) is 13.1 Å². The first-order chi connectivity index (χ1) is 12.8. The standard InChI is InChI=1S/C20H21N3O.H3NO/c1-2-23-19-11-10-16(9-6-12-24)13-18(19)22-20(23)15-21-14-17-7-4-3-5-8-17;1-2/h3-13,21H,2,14-15H2,1H3;2H,1H2/b9-6+;. The quantitative estimate of drug-likeness (QED) is 0.345. The zero-order chi connectivity index (χ0) is 18.8. The van der Waals surface area contributed by atoms with Crippen LogP contribution in [0.3, 0.4) is 0 Å². The molecule has 0 atom stereocenters. The third-order valence-corrected chi connectivity index (χ3v) is 3.99. The van der Waals surface area contributed by atoms with E-state index in [1.54, 1.807) is 6.08 Å². The van der Waals surface area contributed by atoms with Crippen LogP contribution >= 0.6 is 0 Å². The number of aldehydes is 1. The van der Waals surface area contributed by atoms with Gasteiger partial charge in [0.05, 0.1) is 17.6 Å². The van der Waals surface area contributed by atoms with Crippen LogP contribution in [0.5, 0.6) is 0 Å². The van der Waals surface area contributed by atoms with Crippen molar-refractivity contribution in [2.75, 3.05) is 0 Å². The number of allylic oxidation sites excluding steroid dienone is 1. The molecule has 0 saturated heterocycles. The number of carbonyl (C=O) groups excluding carboxylic acids is 1. The van der Waals surface area contributed by atoms with Crippen molar-refractivity contribution in [3.8, 4) is 0 Å². The molecule has 0 aliphatic rings. The summed E-state index contributed by atoms with van der Waals surface area (Å²) >= 11 is 0. The maximum absolute atomic E-state index is 10.5. The van der Waals surface area contributed by atoms with Gasteiger partial charge in [0.25, 0.3) is 0 Å². The minimum atomic E-state index is 0.719. The van der Waals surface area contributed by atoms with Crippen molar-refractivity contribution in [3.63, 3.8) is 0 Å². The number of rotatable bonds is 7. The predicted molar refractivity (Wildman–Crippen MR) is 103 cm³/mol. The lowest BCUT2D eigenvalue weighted by molar-refractivity contribution is -0.104. The molecule has 2 aromatic carbocycles. The molecule has 4 N–H and O–H groups in total. The third kappa shape index (κ3) is 4.86. The highest BCUT2D eigenvalue weighted by Crippen LogP contribution is 2.19. The fraction of sp³-hybridized carbons (Fsp3) is 0.200. The molecule has 0 radical (unpaired) electrons. The van der Waals surface area contributed by atoms with E-state index in [9.17, 15) is 4.79 Å². The number of hydrogen-bond acceptors (Lipinski definition) is 5. The Kier molecular flexibility index (Phi) is 7.70. The molecule has 136 valence electrons. The van der Waals surface area contributed by atoms with E-state index in [0.717, 1.165) is 48.3 Å². The van der Waals surface area contributed by atoms with E-state index in [-0.39, 0.29) is 0 Å². The maximum atomic E-state index is 10.5. The highest BCUT2D eigenvalue weighted by atomic mass is 16.4. The summed E-state index contributed by atoms with van der Waals surface area (Å²) in [5.41, 5.74) is 4.33. The van der Waals surface area contributed by atoms with Gasteiger partial charge in [-0.1, -0.05) is 42.5 Å². The second kappa shape index (κ2) is 10.2. The zero-order valence-corrected chi connectivity index (χ0v) is 14.8. The van der Waals surface area contributed by atoms with Crippen LogP contribution in [0.2, 0.25) is 0 Å². The molecule has 3 aromatic rings. The largest absolute Gasteiger partial charge is 0.327 e. The second-order valence-electron chi connectivity index (χ2n) is 5.60. The van der Waals surface area contributed by atoms with E-state index in [1.165, 1.54) is 11.6 Å². The van der Waals surface area contributed by atoms with Crippen molar-refractivity contribution in [2.24, 2.45) is 5.90 Å². The summed E-state index contributed by atoms with van der Waals surface area (Å²) in [5.74, 6) is 4.53. The van der Waals surface area contributed by atoms with Crippen molar-refractivity contribution in [1.29, 1.82) is 0 Å². The average molecular weight is 352 g/mol. The molecule has 0 spiro atoms. The summed E-state index contributed by atoms with van der Waals surface area (Å²) < 4.78 is 2.22. The molecule has 0 saturated carbocycles. The van der Waals surface area contributed by atoms with Crippen LogP contribution in [0.25, 0.3) is 17.1 Å². The number of hydrogen-bond donors (Lipinski definition) is 3. The Morgan fingerprint density at radius 2 is 1.92 bits per heavy atom. The summed E-state index contributed by atoms with van der Waals surface area (Å²) in [4.78, 5) is 15.2. The molecule has 1 heterocycles. The Hall–Kier alpha value is -2.80. The van der Waals surface area contributed by atoms with Gasteiger partial charge in [0.2, 0.25) is 0 Å². The number of benzene rings is 2. The lowest BCUT2D eigenvalue weighted by atomic mass is 10.2. The number of nitrogens with one attached hydrogen (secondary N) is 1.